The SMILES string of the molecule is Cc1cc(N2CCC(Oc3ccc(F)nc3)CC2)c2cccc(F)c2n1. The summed E-state index contributed by atoms with van der Waals surface area (Å²) in [4.78, 5) is 10.2. The van der Waals surface area contributed by atoms with Gasteiger partial charge in [0.1, 0.15) is 23.2 Å². The highest BCUT2D eigenvalue weighted by Crippen LogP contribution is 2.31. The number of para-hydroxylation sites is 1. The molecule has 4 nitrogen and oxygen atoms in total. The van der Waals surface area contributed by atoms with Crippen molar-refractivity contribution >= 4 is 16.6 Å². The van der Waals surface area contributed by atoms with E-state index >= 15 is 0 Å². The van der Waals surface area contributed by atoms with Crippen molar-refractivity contribution in [1.29, 1.82) is 0 Å². The smallest absolute Gasteiger partial charge is 0.213 e. The van der Waals surface area contributed by atoms with Gasteiger partial charge in [0, 0.05) is 42.7 Å². The number of benzene rings is 1. The van der Waals surface area contributed by atoms with Crippen molar-refractivity contribution in [2.24, 2.45) is 0 Å². The summed E-state index contributed by atoms with van der Waals surface area (Å²) in [5, 5.41) is 0.831. The molecule has 0 unspecified atom stereocenters. The molecule has 0 amide bonds. The summed E-state index contributed by atoms with van der Waals surface area (Å²) in [7, 11) is 0. The van der Waals surface area contributed by atoms with Crippen LogP contribution in [0.2, 0.25) is 0 Å². The number of aromatic nitrogens is 2. The molecule has 1 saturated heterocycles. The first-order valence-corrected chi connectivity index (χ1v) is 8.69. The zero-order valence-corrected chi connectivity index (χ0v) is 14.5. The molecule has 134 valence electrons. The van der Waals surface area contributed by atoms with Crippen LogP contribution in [0.1, 0.15) is 18.5 Å². The second kappa shape index (κ2) is 6.86. The molecule has 0 N–H and O–H groups in total. The molecule has 0 spiro atoms. The van der Waals surface area contributed by atoms with Gasteiger partial charge in [0.25, 0.3) is 0 Å². The van der Waals surface area contributed by atoms with E-state index < -0.39 is 5.95 Å². The lowest BCUT2D eigenvalue weighted by Crippen LogP contribution is -2.38. The number of hydrogen-bond donors (Lipinski definition) is 0. The average Bonchev–Trinajstić information content (AvgIpc) is 2.65. The predicted molar refractivity (Wildman–Crippen MR) is 96.5 cm³/mol. The van der Waals surface area contributed by atoms with Gasteiger partial charge in [-0.1, -0.05) is 12.1 Å². The Bertz CT molecular complexity index is 922. The van der Waals surface area contributed by atoms with Gasteiger partial charge in [-0.3, -0.25) is 0 Å². The van der Waals surface area contributed by atoms with Crippen LogP contribution in [-0.4, -0.2) is 29.2 Å². The van der Waals surface area contributed by atoms with Crippen molar-refractivity contribution < 1.29 is 13.5 Å². The third-order valence-electron chi connectivity index (χ3n) is 4.68. The highest BCUT2D eigenvalue weighted by atomic mass is 19.1. The Balaban J connectivity index is 1.50. The van der Waals surface area contributed by atoms with Crippen LogP contribution >= 0.6 is 0 Å². The number of hydrogen-bond acceptors (Lipinski definition) is 4. The van der Waals surface area contributed by atoms with E-state index in [2.05, 4.69) is 14.9 Å². The fourth-order valence-electron chi connectivity index (χ4n) is 3.42. The molecule has 0 bridgehead atoms. The highest BCUT2D eigenvalue weighted by molar-refractivity contribution is 5.92. The maximum atomic E-state index is 14.1. The molecule has 0 atom stereocenters. The van der Waals surface area contributed by atoms with Crippen LogP contribution in [0.15, 0.2) is 42.6 Å². The molecular formula is C20H19F2N3O. The average molecular weight is 355 g/mol. The molecule has 1 aliphatic heterocycles. The van der Waals surface area contributed by atoms with Crippen LogP contribution in [0.25, 0.3) is 10.9 Å². The molecule has 26 heavy (non-hydrogen) atoms. The van der Waals surface area contributed by atoms with E-state index in [0.29, 0.717) is 11.3 Å². The number of aryl methyl sites for hydroxylation is 1. The predicted octanol–water partition coefficient (Wildman–Crippen LogP) is 4.26. The second-order valence-corrected chi connectivity index (χ2v) is 6.54. The van der Waals surface area contributed by atoms with Gasteiger partial charge in [-0.2, -0.15) is 4.39 Å². The number of nitrogens with zero attached hydrogens (tertiary/aromatic N) is 3. The number of ether oxygens (including phenoxy) is 1. The van der Waals surface area contributed by atoms with E-state index in [9.17, 15) is 8.78 Å². The van der Waals surface area contributed by atoms with Crippen molar-refractivity contribution in [3.05, 3.63) is 60.1 Å². The molecule has 4 rings (SSSR count). The summed E-state index contributed by atoms with van der Waals surface area (Å²) in [5.41, 5.74) is 2.22. The van der Waals surface area contributed by atoms with Gasteiger partial charge in [0.05, 0.1) is 6.20 Å². The Hall–Kier alpha value is -2.76. The van der Waals surface area contributed by atoms with E-state index in [0.717, 1.165) is 42.7 Å². The van der Waals surface area contributed by atoms with Gasteiger partial charge in [-0.25, -0.2) is 14.4 Å². The van der Waals surface area contributed by atoms with Crippen molar-refractivity contribution in [2.75, 3.05) is 18.0 Å². The van der Waals surface area contributed by atoms with E-state index in [4.69, 9.17) is 4.74 Å². The summed E-state index contributed by atoms with van der Waals surface area (Å²) in [6.07, 6.45) is 3.12. The number of rotatable bonds is 3. The summed E-state index contributed by atoms with van der Waals surface area (Å²) >= 11 is 0. The maximum absolute atomic E-state index is 14.1. The quantitative estimate of drug-likeness (QED) is 0.658. The molecular weight excluding hydrogens is 336 g/mol. The molecule has 3 heterocycles. The van der Waals surface area contributed by atoms with E-state index in [-0.39, 0.29) is 11.9 Å². The van der Waals surface area contributed by atoms with Crippen molar-refractivity contribution in [2.45, 2.75) is 25.9 Å². The van der Waals surface area contributed by atoms with E-state index in [1.807, 2.05) is 19.1 Å². The van der Waals surface area contributed by atoms with Gasteiger partial charge >= 0.3 is 0 Å². The number of piperidine rings is 1. The number of fused-ring (bicyclic) bond motifs is 1. The third kappa shape index (κ3) is 3.31. The largest absolute Gasteiger partial charge is 0.489 e. The Kier molecular flexibility index (Phi) is 4.41. The summed E-state index contributed by atoms with van der Waals surface area (Å²) < 4.78 is 32.9. The lowest BCUT2D eigenvalue weighted by molar-refractivity contribution is 0.170. The van der Waals surface area contributed by atoms with Crippen LogP contribution < -0.4 is 9.64 Å². The molecule has 1 aliphatic rings. The number of anilines is 1. The molecule has 1 fully saturated rings. The summed E-state index contributed by atoms with van der Waals surface area (Å²) in [6.45, 7) is 3.48. The van der Waals surface area contributed by atoms with Gasteiger partial charge in [0.2, 0.25) is 5.95 Å². The monoisotopic (exact) mass is 355 g/mol. The molecule has 2 aromatic heterocycles. The molecule has 3 aromatic rings. The zero-order chi connectivity index (χ0) is 18.1. The number of pyridine rings is 2. The summed E-state index contributed by atoms with van der Waals surface area (Å²) in [5.74, 6) is -0.231. The topological polar surface area (TPSA) is 38.2 Å². The highest BCUT2D eigenvalue weighted by Gasteiger charge is 2.23. The first-order valence-electron chi connectivity index (χ1n) is 8.69. The summed E-state index contributed by atoms with van der Waals surface area (Å²) in [6, 6.07) is 9.97. The third-order valence-corrected chi connectivity index (χ3v) is 4.68. The van der Waals surface area contributed by atoms with Gasteiger partial charge < -0.3 is 9.64 Å². The van der Waals surface area contributed by atoms with Gasteiger partial charge in [-0.05, 0) is 31.2 Å². The Morgan fingerprint density at radius 3 is 2.65 bits per heavy atom. The van der Waals surface area contributed by atoms with Crippen LogP contribution in [-0.2, 0) is 0 Å². The van der Waals surface area contributed by atoms with Crippen LogP contribution in [0.3, 0.4) is 0 Å². The van der Waals surface area contributed by atoms with Gasteiger partial charge in [-0.15, -0.1) is 0 Å². The molecule has 6 heteroatoms. The fourth-order valence-corrected chi connectivity index (χ4v) is 3.42. The first kappa shape index (κ1) is 16.7. The lowest BCUT2D eigenvalue weighted by atomic mass is 10.0. The lowest BCUT2D eigenvalue weighted by Gasteiger charge is -2.34. The normalized spacial score (nSPS) is 15.4. The molecule has 0 radical (unpaired) electrons. The van der Waals surface area contributed by atoms with Crippen molar-refractivity contribution in [3.63, 3.8) is 0 Å². The van der Waals surface area contributed by atoms with Crippen molar-refractivity contribution in [3.8, 4) is 5.75 Å². The minimum Gasteiger partial charge on any atom is -0.489 e. The zero-order valence-electron chi connectivity index (χ0n) is 14.5. The molecule has 0 aliphatic carbocycles. The van der Waals surface area contributed by atoms with E-state index in [1.54, 1.807) is 12.1 Å². The van der Waals surface area contributed by atoms with Crippen LogP contribution in [0.5, 0.6) is 5.75 Å². The minimum atomic E-state index is -0.515. The first-order chi connectivity index (χ1) is 12.6. The second-order valence-electron chi connectivity index (χ2n) is 6.54. The minimum absolute atomic E-state index is 0.0597. The van der Waals surface area contributed by atoms with Crippen molar-refractivity contribution in [1.82, 2.24) is 9.97 Å². The van der Waals surface area contributed by atoms with Crippen LogP contribution in [0, 0.1) is 18.7 Å². The van der Waals surface area contributed by atoms with E-state index in [1.165, 1.54) is 18.3 Å². The fraction of sp³-hybridized carbons (Fsp3) is 0.300. The Morgan fingerprint density at radius 1 is 1.12 bits per heavy atom. The maximum Gasteiger partial charge on any atom is 0.213 e. The molecule has 1 aromatic carbocycles. The molecule has 0 saturated carbocycles. The Labute approximate surface area is 150 Å². The van der Waals surface area contributed by atoms with Gasteiger partial charge in [0.15, 0.2) is 0 Å². The Morgan fingerprint density at radius 2 is 1.92 bits per heavy atom. The number of halogens is 2. The van der Waals surface area contributed by atoms with Crippen LogP contribution in [0.4, 0.5) is 14.5 Å². The standard InChI is InChI=1S/C20H19F2N3O/c1-13-11-18(16-3-2-4-17(21)20(16)24-13)25-9-7-14(8-10-25)26-15-5-6-19(22)23-12-15/h2-6,11-12,14H,7-10H2,1H3.